The highest BCUT2D eigenvalue weighted by molar-refractivity contribution is 7.98. The summed E-state index contributed by atoms with van der Waals surface area (Å²) in [7, 11) is 0. The molecule has 0 spiro atoms. The number of imidazole rings is 1. The molecule has 15 heteroatoms. The number of carboxylic acid groups (broad SMARTS) is 2. The summed E-state index contributed by atoms with van der Waals surface area (Å²) in [4.78, 5) is 66.7. The summed E-state index contributed by atoms with van der Waals surface area (Å²) in [6.07, 6.45) is 4.07. The first-order chi connectivity index (χ1) is 16.1. The number of carbonyl (C=O) groups is 5. The zero-order chi connectivity index (χ0) is 25.7. The Morgan fingerprint density at radius 2 is 1.65 bits per heavy atom. The molecule has 1 aromatic heterocycles. The van der Waals surface area contributed by atoms with Crippen molar-refractivity contribution in [3.05, 3.63) is 18.2 Å². The first-order valence-corrected chi connectivity index (χ1v) is 11.7. The van der Waals surface area contributed by atoms with E-state index in [-0.39, 0.29) is 12.8 Å². The number of carboxylic acids is 2. The van der Waals surface area contributed by atoms with Gasteiger partial charge in [0, 0.05) is 24.7 Å². The minimum Gasteiger partial charge on any atom is -0.481 e. The lowest BCUT2D eigenvalue weighted by atomic mass is 10.1. The van der Waals surface area contributed by atoms with E-state index in [9.17, 15) is 29.1 Å². The molecule has 0 aliphatic rings. The minimum atomic E-state index is -1.61. The van der Waals surface area contributed by atoms with Crippen LogP contribution >= 0.6 is 11.8 Å². The lowest BCUT2D eigenvalue weighted by Crippen LogP contribution is -2.58. The highest BCUT2D eigenvalue weighted by atomic mass is 32.2. The quantitative estimate of drug-likeness (QED) is 0.117. The second-order valence-electron chi connectivity index (χ2n) is 7.31. The van der Waals surface area contributed by atoms with Crippen LogP contribution in [-0.4, -0.2) is 97.7 Å². The van der Waals surface area contributed by atoms with E-state index in [1.165, 1.54) is 24.3 Å². The van der Waals surface area contributed by atoms with Crippen LogP contribution < -0.4 is 21.7 Å². The fraction of sp³-hybridized carbons (Fsp3) is 0.579. The molecule has 4 atom stereocenters. The van der Waals surface area contributed by atoms with Gasteiger partial charge >= 0.3 is 11.9 Å². The Kier molecular flexibility index (Phi) is 12.6. The molecule has 1 rings (SSSR count). The van der Waals surface area contributed by atoms with Crippen LogP contribution in [0.5, 0.6) is 0 Å². The van der Waals surface area contributed by atoms with Gasteiger partial charge in [0.15, 0.2) is 0 Å². The molecule has 0 bridgehead atoms. The van der Waals surface area contributed by atoms with Gasteiger partial charge in [0.05, 0.1) is 19.0 Å². The Morgan fingerprint density at radius 1 is 1.03 bits per heavy atom. The summed E-state index contributed by atoms with van der Waals surface area (Å²) in [5.41, 5.74) is 6.25. The Hall–Kier alpha value is -3.17. The van der Waals surface area contributed by atoms with Gasteiger partial charge in [-0.3, -0.25) is 19.2 Å². The van der Waals surface area contributed by atoms with E-state index in [1.54, 1.807) is 0 Å². The van der Waals surface area contributed by atoms with Crippen LogP contribution in [0.2, 0.25) is 0 Å². The number of aliphatic carboxylic acids is 2. The summed E-state index contributed by atoms with van der Waals surface area (Å²) in [5, 5.41) is 34.2. The van der Waals surface area contributed by atoms with E-state index in [0.29, 0.717) is 17.9 Å². The number of H-pyrrole nitrogens is 1. The smallest absolute Gasteiger partial charge is 0.328 e. The van der Waals surface area contributed by atoms with Crippen LogP contribution in [0.15, 0.2) is 12.5 Å². The molecule has 0 aliphatic carbocycles. The van der Waals surface area contributed by atoms with Gasteiger partial charge in [-0.1, -0.05) is 0 Å². The molecule has 190 valence electrons. The van der Waals surface area contributed by atoms with E-state index in [2.05, 4.69) is 25.9 Å². The molecule has 3 amide bonds. The maximum absolute atomic E-state index is 12.9. The zero-order valence-electron chi connectivity index (χ0n) is 18.5. The molecular formula is C19H30N6O8S. The number of aromatic amines is 1. The van der Waals surface area contributed by atoms with E-state index in [0.717, 1.165) is 0 Å². The number of nitrogens with one attached hydrogen (secondary N) is 4. The highest BCUT2D eigenvalue weighted by Crippen LogP contribution is 2.05. The molecule has 0 fully saturated rings. The van der Waals surface area contributed by atoms with Gasteiger partial charge in [-0.25, -0.2) is 9.78 Å². The molecule has 0 aromatic carbocycles. The summed E-state index contributed by atoms with van der Waals surface area (Å²) in [5.74, 6) is -4.50. The van der Waals surface area contributed by atoms with E-state index < -0.39 is 66.9 Å². The Morgan fingerprint density at radius 3 is 2.18 bits per heavy atom. The largest absolute Gasteiger partial charge is 0.481 e. The molecule has 0 saturated carbocycles. The average molecular weight is 503 g/mol. The number of carbonyl (C=O) groups excluding carboxylic acids is 3. The third kappa shape index (κ3) is 10.2. The molecule has 9 N–H and O–H groups in total. The Bertz CT molecular complexity index is 837. The fourth-order valence-corrected chi connectivity index (χ4v) is 3.24. The molecular weight excluding hydrogens is 472 g/mol. The molecule has 0 aliphatic heterocycles. The van der Waals surface area contributed by atoms with Crippen molar-refractivity contribution in [2.45, 2.75) is 49.9 Å². The first kappa shape index (κ1) is 28.9. The number of aliphatic hydroxyl groups excluding tert-OH is 1. The predicted octanol–water partition coefficient (Wildman–Crippen LogP) is -2.57. The number of nitrogens with zero attached hydrogens (tertiary/aromatic N) is 1. The first-order valence-electron chi connectivity index (χ1n) is 10.3. The van der Waals surface area contributed by atoms with Crippen molar-refractivity contribution in [3.8, 4) is 0 Å². The molecule has 1 heterocycles. The molecule has 1 aromatic rings. The van der Waals surface area contributed by atoms with Gasteiger partial charge in [0.25, 0.3) is 0 Å². The molecule has 0 saturated heterocycles. The third-order valence-electron chi connectivity index (χ3n) is 4.66. The van der Waals surface area contributed by atoms with Crippen LogP contribution in [0, 0.1) is 0 Å². The van der Waals surface area contributed by atoms with E-state index in [4.69, 9.17) is 15.9 Å². The van der Waals surface area contributed by atoms with Crippen molar-refractivity contribution in [3.63, 3.8) is 0 Å². The second kappa shape index (κ2) is 14.9. The van der Waals surface area contributed by atoms with Crippen molar-refractivity contribution in [2.24, 2.45) is 5.73 Å². The van der Waals surface area contributed by atoms with E-state index >= 15 is 0 Å². The molecule has 34 heavy (non-hydrogen) atoms. The van der Waals surface area contributed by atoms with Crippen LogP contribution in [0.25, 0.3) is 0 Å². The number of hydrogen-bond acceptors (Lipinski definition) is 9. The lowest BCUT2D eigenvalue weighted by molar-refractivity contribution is -0.143. The van der Waals surface area contributed by atoms with Crippen molar-refractivity contribution in [1.82, 2.24) is 25.9 Å². The number of amides is 3. The third-order valence-corrected chi connectivity index (χ3v) is 5.30. The predicted molar refractivity (Wildman–Crippen MR) is 121 cm³/mol. The monoisotopic (exact) mass is 502 g/mol. The fourth-order valence-electron chi connectivity index (χ4n) is 2.75. The highest BCUT2D eigenvalue weighted by Gasteiger charge is 2.30. The standard InChI is InChI=1S/C19H30N6O8S/c1-34-5-4-11(20)16(29)23-12(2-3-15(27)28)17(30)24-13(6-10-7-21-9-22-10)18(31)25-14(8-26)19(32)33/h7,9,11-14,26H,2-6,8,20H2,1H3,(H,21,22)(H,23,29)(H,24,30)(H,25,31)(H,27,28)(H,32,33). The van der Waals surface area contributed by atoms with Crippen LogP contribution in [0.1, 0.15) is 25.0 Å². The van der Waals surface area contributed by atoms with Crippen LogP contribution in [0.3, 0.4) is 0 Å². The van der Waals surface area contributed by atoms with Crippen LogP contribution in [0.4, 0.5) is 0 Å². The van der Waals surface area contributed by atoms with Gasteiger partial charge in [0.2, 0.25) is 17.7 Å². The zero-order valence-corrected chi connectivity index (χ0v) is 19.3. The second-order valence-corrected chi connectivity index (χ2v) is 8.29. The average Bonchev–Trinajstić information content (AvgIpc) is 3.30. The Balaban J connectivity index is 3.02. The van der Waals surface area contributed by atoms with Crippen molar-refractivity contribution < 1.29 is 39.3 Å². The van der Waals surface area contributed by atoms with Gasteiger partial charge in [-0.2, -0.15) is 11.8 Å². The summed E-state index contributed by atoms with van der Waals surface area (Å²) < 4.78 is 0. The van der Waals surface area contributed by atoms with Crippen LogP contribution in [-0.2, 0) is 30.4 Å². The van der Waals surface area contributed by atoms with Gasteiger partial charge in [-0.15, -0.1) is 0 Å². The van der Waals surface area contributed by atoms with Gasteiger partial charge < -0.3 is 42.0 Å². The maximum Gasteiger partial charge on any atom is 0.328 e. The van der Waals surface area contributed by atoms with Gasteiger partial charge in [0.1, 0.15) is 18.1 Å². The molecule has 14 nitrogen and oxygen atoms in total. The Labute approximate surface area is 199 Å². The number of aliphatic hydroxyl groups is 1. The number of nitrogens with two attached hydrogens (primary N) is 1. The summed E-state index contributed by atoms with van der Waals surface area (Å²) in [6, 6.07) is -5.16. The minimum absolute atomic E-state index is 0.123. The van der Waals surface area contributed by atoms with Crippen molar-refractivity contribution >= 4 is 41.4 Å². The van der Waals surface area contributed by atoms with Crippen molar-refractivity contribution in [1.29, 1.82) is 0 Å². The number of hydrogen-bond donors (Lipinski definition) is 8. The topological polar surface area (TPSA) is 237 Å². The van der Waals surface area contributed by atoms with Crippen molar-refractivity contribution in [2.75, 3.05) is 18.6 Å². The normalized spacial score (nSPS) is 14.3. The maximum atomic E-state index is 12.9. The SMILES string of the molecule is CSCCC(N)C(=O)NC(CCC(=O)O)C(=O)NC(Cc1cnc[nH]1)C(=O)NC(CO)C(=O)O. The van der Waals surface area contributed by atoms with Gasteiger partial charge in [-0.05, 0) is 24.9 Å². The number of rotatable bonds is 16. The number of aromatic nitrogens is 2. The van der Waals surface area contributed by atoms with E-state index in [1.807, 2.05) is 6.26 Å². The number of thioether (sulfide) groups is 1. The summed E-state index contributed by atoms with van der Waals surface area (Å²) in [6.45, 7) is -0.878. The lowest BCUT2D eigenvalue weighted by Gasteiger charge is -2.24. The summed E-state index contributed by atoms with van der Waals surface area (Å²) >= 11 is 1.48. The molecule has 0 radical (unpaired) electrons. The molecule has 4 unspecified atom stereocenters.